The molecule has 1 aliphatic rings. The van der Waals surface area contributed by atoms with Gasteiger partial charge in [-0.1, -0.05) is 12.1 Å². The fourth-order valence-corrected chi connectivity index (χ4v) is 2.70. The second-order valence-corrected chi connectivity index (χ2v) is 6.74. The number of carbonyl (C=O) groups excluding carboxylic acids is 3. The van der Waals surface area contributed by atoms with E-state index in [1.165, 1.54) is 0 Å². The summed E-state index contributed by atoms with van der Waals surface area (Å²) in [5, 5.41) is 2.58. The third-order valence-corrected chi connectivity index (χ3v) is 3.72. The molecule has 22 heavy (non-hydrogen) atoms. The fraction of sp³-hybridized carbons (Fsp3) is 0.400. The van der Waals surface area contributed by atoms with Crippen LogP contribution >= 0.6 is 11.9 Å². The SMILES string of the molecule is CC(C)(C)OC(=O)NCCSN1C(=O)c2ccccc2C1=O. The normalized spacial score (nSPS) is 14.0. The molecular weight excluding hydrogens is 304 g/mol. The van der Waals surface area contributed by atoms with Crippen LogP contribution in [0.3, 0.4) is 0 Å². The lowest BCUT2D eigenvalue weighted by molar-refractivity contribution is 0.0531. The van der Waals surface area contributed by atoms with Crippen LogP contribution in [0, 0.1) is 0 Å². The van der Waals surface area contributed by atoms with Crippen molar-refractivity contribution in [1.82, 2.24) is 9.62 Å². The Labute approximate surface area is 133 Å². The van der Waals surface area contributed by atoms with E-state index in [4.69, 9.17) is 4.74 Å². The van der Waals surface area contributed by atoms with Crippen molar-refractivity contribution in [1.29, 1.82) is 0 Å². The van der Waals surface area contributed by atoms with E-state index in [-0.39, 0.29) is 11.8 Å². The molecule has 0 atom stereocenters. The highest BCUT2D eigenvalue weighted by molar-refractivity contribution is 7.98. The summed E-state index contributed by atoms with van der Waals surface area (Å²) in [4.78, 5) is 35.7. The van der Waals surface area contributed by atoms with E-state index in [0.717, 1.165) is 16.3 Å². The third-order valence-electron chi connectivity index (χ3n) is 2.75. The van der Waals surface area contributed by atoms with Crippen molar-refractivity contribution in [2.24, 2.45) is 0 Å². The molecule has 0 spiro atoms. The highest BCUT2D eigenvalue weighted by Gasteiger charge is 2.35. The zero-order valence-electron chi connectivity index (χ0n) is 12.7. The van der Waals surface area contributed by atoms with Crippen LogP contribution in [0.15, 0.2) is 24.3 Å². The molecule has 0 fully saturated rings. The number of alkyl carbamates (subject to hydrolysis) is 1. The molecule has 0 saturated heterocycles. The maximum absolute atomic E-state index is 12.1. The number of hydrogen-bond acceptors (Lipinski definition) is 5. The van der Waals surface area contributed by atoms with E-state index >= 15 is 0 Å². The third kappa shape index (κ3) is 3.79. The zero-order chi connectivity index (χ0) is 16.3. The predicted octanol–water partition coefficient (Wildman–Crippen LogP) is 2.46. The Morgan fingerprint density at radius 1 is 1.18 bits per heavy atom. The molecule has 3 amide bonds. The fourth-order valence-electron chi connectivity index (χ4n) is 1.89. The summed E-state index contributed by atoms with van der Waals surface area (Å²) in [5.74, 6) is -0.240. The van der Waals surface area contributed by atoms with E-state index < -0.39 is 11.7 Å². The minimum absolute atomic E-state index is 0.299. The summed E-state index contributed by atoms with van der Waals surface area (Å²) in [6.45, 7) is 5.63. The summed E-state index contributed by atoms with van der Waals surface area (Å²) in [6.07, 6.45) is -0.518. The molecule has 0 aromatic heterocycles. The number of ether oxygens (including phenoxy) is 1. The highest BCUT2D eigenvalue weighted by atomic mass is 32.2. The van der Waals surface area contributed by atoms with E-state index in [0.29, 0.717) is 23.4 Å². The molecule has 0 aliphatic carbocycles. The first-order valence-corrected chi connectivity index (χ1v) is 7.81. The molecule has 0 saturated carbocycles. The van der Waals surface area contributed by atoms with Gasteiger partial charge in [-0.15, -0.1) is 0 Å². The first-order chi connectivity index (χ1) is 10.3. The van der Waals surface area contributed by atoms with Gasteiger partial charge in [0, 0.05) is 12.3 Å². The van der Waals surface area contributed by atoms with Gasteiger partial charge < -0.3 is 10.1 Å². The monoisotopic (exact) mass is 322 g/mol. The summed E-state index contributed by atoms with van der Waals surface area (Å²) >= 11 is 1.08. The largest absolute Gasteiger partial charge is 0.444 e. The quantitative estimate of drug-likeness (QED) is 0.523. The van der Waals surface area contributed by atoms with Crippen LogP contribution in [-0.4, -0.2) is 40.1 Å². The lowest BCUT2D eigenvalue weighted by atomic mass is 10.1. The molecule has 1 N–H and O–H groups in total. The van der Waals surface area contributed by atoms with Crippen LogP contribution < -0.4 is 5.32 Å². The summed E-state index contributed by atoms with van der Waals surface area (Å²) in [7, 11) is 0. The Bertz CT molecular complexity index is 575. The first-order valence-electron chi connectivity index (χ1n) is 6.87. The summed E-state index contributed by atoms with van der Waals surface area (Å²) in [6, 6.07) is 6.72. The molecule has 2 rings (SSSR count). The number of benzene rings is 1. The number of hydrogen-bond donors (Lipinski definition) is 1. The molecule has 1 aromatic rings. The van der Waals surface area contributed by atoms with E-state index in [1.807, 2.05) is 0 Å². The number of fused-ring (bicyclic) bond motifs is 1. The minimum atomic E-state index is -0.556. The second kappa shape index (κ2) is 6.39. The van der Waals surface area contributed by atoms with Gasteiger partial charge in [-0.3, -0.25) is 9.59 Å². The standard InChI is InChI=1S/C15H18N2O4S/c1-15(2,3)21-14(20)16-8-9-22-17-12(18)10-6-4-5-7-11(10)13(17)19/h4-7H,8-9H2,1-3H3,(H,16,20). The Kier molecular flexibility index (Phi) is 4.75. The van der Waals surface area contributed by atoms with Crippen LogP contribution in [0.1, 0.15) is 41.5 Å². The summed E-state index contributed by atoms with van der Waals surface area (Å²) in [5.41, 5.74) is 0.278. The van der Waals surface area contributed by atoms with Gasteiger partial charge in [-0.05, 0) is 44.9 Å². The Morgan fingerprint density at radius 3 is 2.23 bits per heavy atom. The highest BCUT2D eigenvalue weighted by Crippen LogP contribution is 2.27. The Balaban J connectivity index is 1.81. The number of nitrogens with one attached hydrogen (secondary N) is 1. The molecule has 1 heterocycles. The van der Waals surface area contributed by atoms with Gasteiger partial charge in [0.2, 0.25) is 0 Å². The van der Waals surface area contributed by atoms with Crippen molar-refractivity contribution in [3.8, 4) is 0 Å². The number of nitrogens with zero attached hydrogens (tertiary/aromatic N) is 1. The Morgan fingerprint density at radius 2 is 1.73 bits per heavy atom. The van der Waals surface area contributed by atoms with Crippen LogP contribution in [0.2, 0.25) is 0 Å². The molecule has 0 radical (unpaired) electrons. The van der Waals surface area contributed by atoms with E-state index in [2.05, 4.69) is 5.32 Å². The van der Waals surface area contributed by atoms with Crippen molar-refractivity contribution in [3.63, 3.8) is 0 Å². The molecule has 6 nitrogen and oxygen atoms in total. The minimum Gasteiger partial charge on any atom is -0.444 e. The van der Waals surface area contributed by atoms with Crippen LogP contribution in [0.4, 0.5) is 4.79 Å². The van der Waals surface area contributed by atoms with Gasteiger partial charge in [0.05, 0.1) is 11.1 Å². The van der Waals surface area contributed by atoms with Gasteiger partial charge in [-0.2, -0.15) is 0 Å². The van der Waals surface area contributed by atoms with E-state index in [9.17, 15) is 14.4 Å². The molecule has 0 bridgehead atoms. The van der Waals surface area contributed by atoms with Crippen LogP contribution in [0.5, 0.6) is 0 Å². The van der Waals surface area contributed by atoms with Gasteiger partial charge in [0.25, 0.3) is 11.8 Å². The molecule has 1 aromatic carbocycles. The van der Waals surface area contributed by atoms with Crippen molar-refractivity contribution < 1.29 is 19.1 Å². The number of rotatable bonds is 4. The van der Waals surface area contributed by atoms with Gasteiger partial charge in [0.1, 0.15) is 5.60 Å². The average molecular weight is 322 g/mol. The van der Waals surface area contributed by atoms with Crippen molar-refractivity contribution in [3.05, 3.63) is 35.4 Å². The molecule has 118 valence electrons. The lowest BCUT2D eigenvalue weighted by Crippen LogP contribution is -2.34. The van der Waals surface area contributed by atoms with Gasteiger partial charge >= 0.3 is 6.09 Å². The molecule has 7 heteroatoms. The number of amides is 3. The van der Waals surface area contributed by atoms with Crippen molar-refractivity contribution in [2.75, 3.05) is 12.3 Å². The molecule has 1 aliphatic heterocycles. The average Bonchev–Trinajstić information content (AvgIpc) is 2.67. The first kappa shape index (κ1) is 16.4. The van der Waals surface area contributed by atoms with Gasteiger partial charge in [0.15, 0.2) is 0 Å². The molecule has 0 unspecified atom stereocenters. The van der Waals surface area contributed by atoms with Gasteiger partial charge in [-0.25, -0.2) is 9.10 Å². The predicted molar refractivity (Wildman–Crippen MR) is 83.6 cm³/mol. The molecular formula is C15H18N2O4S. The number of imide groups is 1. The van der Waals surface area contributed by atoms with Crippen molar-refractivity contribution >= 4 is 29.9 Å². The van der Waals surface area contributed by atoms with Crippen LogP contribution in [-0.2, 0) is 4.74 Å². The zero-order valence-corrected chi connectivity index (χ0v) is 13.5. The topological polar surface area (TPSA) is 75.7 Å². The lowest BCUT2D eigenvalue weighted by Gasteiger charge is -2.19. The van der Waals surface area contributed by atoms with E-state index in [1.54, 1.807) is 45.0 Å². The Hall–Kier alpha value is -2.02. The maximum Gasteiger partial charge on any atom is 0.407 e. The van der Waals surface area contributed by atoms with Crippen molar-refractivity contribution in [2.45, 2.75) is 26.4 Å². The van der Waals surface area contributed by atoms with Crippen LogP contribution in [0.25, 0.3) is 0 Å². The summed E-state index contributed by atoms with van der Waals surface area (Å²) < 4.78 is 6.22. The maximum atomic E-state index is 12.1. The smallest absolute Gasteiger partial charge is 0.407 e. The number of carbonyl (C=O) groups is 3. The second-order valence-electron chi connectivity index (χ2n) is 5.71.